The Morgan fingerprint density at radius 2 is 2.08 bits per heavy atom. The van der Waals surface area contributed by atoms with Crippen molar-refractivity contribution in [1.82, 2.24) is 20.3 Å². The Labute approximate surface area is 139 Å². The molecular formula is C15H20N6O3. The van der Waals surface area contributed by atoms with Gasteiger partial charge in [-0.3, -0.25) is 9.69 Å². The van der Waals surface area contributed by atoms with Gasteiger partial charge in [-0.25, -0.2) is 0 Å². The molecular weight excluding hydrogens is 312 g/mol. The number of rotatable bonds is 6. The molecule has 1 saturated heterocycles. The molecule has 2 N–H and O–H groups in total. The molecule has 128 valence electrons. The first-order chi connectivity index (χ1) is 11.7. The largest absolute Gasteiger partial charge is 0.379 e. The molecule has 3 rings (SSSR count). The summed E-state index contributed by atoms with van der Waals surface area (Å²) in [5.74, 6) is 1.23. The number of aryl methyl sites for hydroxylation is 1. The van der Waals surface area contributed by atoms with Crippen molar-refractivity contribution in [2.45, 2.75) is 6.92 Å². The first kappa shape index (κ1) is 16.3. The van der Waals surface area contributed by atoms with Gasteiger partial charge in [0.1, 0.15) is 11.6 Å². The molecule has 0 aliphatic carbocycles. The smallest absolute Gasteiger partial charge is 0.277 e. The molecule has 1 fully saturated rings. The number of ether oxygens (including phenoxy) is 1. The SMILES string of the molecule is Cc1cc(NC(=O)c2ccc(NCCN3CCOCC3)nn2)no1. The number of hydrogen-bond donors (Lipinski definition) is 2. The van der Waals surface area contributed by atoms with Gasteiger partial charge in [-0.1, -0.05) is 5.16 Å². The molecule has 0 aromatic carbocycles. The number of amides is 1. The van der Waals surface area contributed by atoms with E-state index in [4.69, 9.17) is 9.26 Å². The molecule has 9 heteroatoms. The second-order valence-corrected chi connectivity index (χ2v) is 5.46. The van der Waals surface area contributed by atoms with Gasteiger partial charge in [0.15, 0.2) is 11.5 Å². The van der Waals surface area contributed by atoms with Crippen LogP contribution in [0.1, 0.15) is 16.2 Å². The molecule has 2 aromatic rings. The summed E-state index contributed by atoms with van der Waals surface area (Å²) < 4.78 is 10.2. The minimum atomic E-state index is -0.379. The van der Waals surface area contributed by atoms with Gasteiger partial charge in [-0.15, -0.1) is 10.2 Å². The molecule has 1 aliphatic rings. The topological polar surface area (TPSA) is 105 Å². The molecule has 1 amide bonds. The Balaban J connectivity index is 1.46. The zero-order chi connectivity index (χ0) is 16.8. The quantitative estimate of drug-likeness (QED) is 0.799. The Morgan fingerprint density at radius 3 is 2.75 bits per heavy atom. The van der Waals surface area contributed by atoms with E-state index in [1.54, 1.807) is 25.1 Å². The van der Waals surface area contributed by atoms with Crippen molar-refractivity contribution in [2.75, 3.05) is 50.0 Å². The van der Waals surface area contributed by atoms with Gasteiger partial charge in [0.05, 0.1) is 13.2 Å². The first-order valence-corrected chi connectivity index (χ1v) is 7.83. The van der Waals surface area contributed by atoms with E-state index in [1.165, 1.54) is 0 Å². The molecule has 0 unspecified atom stereocenters. The highest BCUT2D eigenvalue weighted by molar-refractivity contribution is 6.02. The minimum absolute atomic E-state index is 0.217. The summed E-state index contributed by atoms with van der Waals surface area (Å²) in [6, 6.07) is 4.98. The lowest BCUT2D eigenvalue weighted by Crippen LogP contribution is -2.39. The van der Waals surface area contributed by atoms with Crippen molar-refractivity contribution in [3.05, 3.63) is 29.7 Å². The van der Waals surface area contributed by atoms with E-state index in [2.05, 4.69) is 30.9 Å². The van der Waals surface area contributed by atoms with Gasteiger partial charge in [0.25, 0.3) is 5.91 Å². The fourth-order valence-electron chi connectivity index (χ4n) is 2.32. The summed E-state index contributed by atoms with van der Waals surface area (Å²) in [6.07, 6.45) is 0. The summed E-state index contributed by atoms with van der Waals surface area (Å²) in [6.45, 7) is 6.91. The molecule has 3 heterocycles. The first-order valence-electron chi connectivity index (χ1n) is 7.83. The number of hydrogen-bond acceptors (Lipinski definition) is 8. The Bertz CT molecular complexity index is 666. The van der Waals surface area contributed by atoms with Crippen molar-refractivity contribution in [2.24, 2.45) is 0 Å². The normalized spacial score (nSPS) is 15.2. The maximum absolute atomic E-state index is 12.0. The van der Waals surface area contributed by atoms with E-state index >= 15 is 0 Å². The lowest BCUT2D eigenvalue weighted by molar-refractivity contribution is 0.0398. The number of morpholine rings is 1. The number of anilines is 2. The van der Waals surface area contributed by atoms with E-state index in [0.717, 1.165) is 39.4 Å². The number of carbonyl (C=O) groups excluding carboxylic acids is 1. The van der Waals surface area contributed by atoms with Gasteiger partial charge in [0.2, 0.25) is 0 Å². The van der Waals surface area contributed by atoms with Crippen LogP contribution in [0, 0.1) is 6.92 Å². The van der Waals surface area contributed by atoms with Crippen LogP contribution >= 0.6 is 0 Å². The molecule has 1 aliphatic heterocycles. The summed E-state index contributed by atoms with van der Waals surface area (Å²) >= 11 is 0. The average Bonchev–Trinajstić information content (AvgIpc) is 3.01. The zero-order valence-corrected chi connectivity index (χ0v) is 13.5. The lowest BCUT2D eigenvalue weighted by Gasteiger charge is -2.26. The van der Waals surface area contributed by atoms with Gasteiger partial charge < -0.3 is 19.9 Å². The summed E-state index contributed by atoms with van der Waals surface area (Å²) in [4.78, 5) is 14.3. The van der Waals surface area contributed by atoms with Crippen molar-refractivity contribution in [1.29, 1.82) is 0 Å². The minimum Gasteiger partial charge on any atom is -0.379 e. The molecule has 0 bridgehead atoms. The van der Waals surface area contributed by atoms with E-state index < -0.39 is 0 Å². The average molecular weight is 332 g/mol. The van der Waals surface area contributed by atoms with Crippen LogP contribution in [0.25, 0.3) is 0 Å². The molecule has 0 saturated carbocycles. The number of nitrogens with zero attached hydrogens (tertiary/aromatic N) is 4. The number of carbonyl (C=O) groups is 1. The summed E-state index contributed by atoms with van der Waals surface area (Å²) in [7, 11) is 0. The third kappa shape index (κ3) is 4.49. The van der Waals surface area contributed by atoms with Crippen LogP contribution < -0.4 is 10.6 Å². The van der Waals surface area contributed by atoms with E-state index in [9.17, 15) is 4.79 Å². The Morgan fingerprint density at radius 1 is 1.25 bits per heavy atom. The monoisotopic (exact) mass is 332 g/mol. The fourth-order valence-corrected chi connectivity index (χ4v) is 2.32. The van der Waals surface area contributed by atoms with Crippen LogP contribution in [0.5, 0.6) is 0 Å². The number of nitrogens with one attached hydrogen (secondary N) is 2. The summed E-state index contributed by atoms with van der Waals surface area (Å²) in [5.41, 5.74) is 0.217. The highest BCUT2D eigenvalue weighted by atomic mass is 16.5. The summed E-state index contributed by atoms with van der Waals surface area (Å²) in [5, 5.41) is 17.4. The van der Waals surface area contributed by atoms with E-state index in [-0.39, 0.29) is 11.6 Å². The highest BCUT2D eigenvalue weighted by Gasteiger charge is 2.12. The maximum atomic E-state index is 12.0. The standard InChI is InChI=1S/C15H20N6O3/c1-11-10-14(20-24-11)17-15(22)12-2-3-13(19-18-12)16-4-5-21-6-8-23-9-7-21/h2-3,10H,4-9H2,1H3,(H,16,19)(H,17,20,22). The fraction of sp³-hybridized carbons (Fsp3) is 0.467. The zero-order valence-electron chi connectivity index (χ0n) is 13.5. The van der Waals surface area contributed by atoms with Crippen LogP contribution in [0.15, 0.2) is 22.7 Å². The molecule has 9 nitrogen and oxygen atoms in total. The predicted octanol–water partition coefficient (Wildman–Crippen LogP) is 0.769. The van der Waals surface area contributed by atoms with E-state index in [0.29, 0.717) is 17.4 Å². The van der Waals surface area contributed by atoms with Gasteiger partial charge >= 0.3 is 0 Å². The lowest BCUT2D eigenvalue weighted by atomic mass is 10.3. The molecule has 0 radical (unpaired) electrons. The maximum Gasteiger partial charge on any atom is 0.277 e. The Hall–Kier alpha value is -2.52. The van der Waals surface area contributed by atoms with Crippen molar-refractivity contribution >= 4 is 17.5 Å². The number of aromatic nitrogens is 3. The second-order valence-electron chi connectivity index (χ2n) is 5.46. The van der Waals surface area contributed by atoms with Gasteiger partial charge in [0, 0.05) is 32.2 Å². The third-order valence-corrected chi connectivity index (χ3v) is 3.60. The Kier molecular flexibility index (Phi) is 5.34. The van der Waals surface area contributed by atoms with Crippen molar-refractivity contribution in [3.63, 3.8) is 0 Å². The predicted molar refractivity (Wildman–Crippen MR) is 87.0 cm³/mol. The van der Waals surface area contributed by atoms with Gasteiger partial charge in [-0.2, -0.15) is 0 Å². The molecule has 2 aromatic heterocycles. The van der Waals surface area contributed by atoms with E-state index in [1.807, 2.05) is 0 Å². The molecule has 24 heavy (non-hydrogen) atoms. The van der Waals surface area contributed by atoms with Crippen LogP contribution in [-0.4, -0.2) is 65.6 Å². The molecule has 0 atom stereocenters. The van der Waals surface area contributed by atoms with Crippen LogP contribution in [-0.2, 0) is 4.74 Å². The second kappa shape index (κ2) is 7.84. The third-order valence-electron chi connectivity index (χ3n) is 3.60. The van der Waals surface area contributed by atoms with Crippen molar-refractivity contribution in [3.8, 4) is 0 Å². The van der Waals surface area contributed by atoms with Crippen molar-refractivity contribution < 1.29 is 14.1 Å². The molecule has 0 spiro atoms. The van der Waals surface area contributed by atoms with Crippen LogP contribution in [0.2, 0.25) is 0 Å². The highest BCUT2D eigenvalue weighted by Crippen LogP contribution is 2.09. The van der Waals surface area contributed by atoms with Gasteiger partial charge in [-0.05, 0) is 19.1 Å². The van der Waals surface area contributed by atoms with Crippen LogP contribution in [0.3, 0.4) is 0 Å². The van der Waals surface area contributed by atoms with Crippen LogP contribution in [0.4, 0.5) is 11.6 Å².